The number of nitrogens with two attached hydrogens (primary N) is 1. The minimum absolute atomic E-state index is 0.206. The van der Waals surface area contributed by atoms with Crippen LogP contribution in [0, 0.1) is 0 Å². The molecule has 0 atom stereocenters. The number of hydrogen-bond donors (Lipinski definition) is 1. The molecule has 124 valence electrons. The van der Waals surface area contributed by atoms with Crippen LogP contribution in [0.4, 0.5) is 0 Å². The van der Waals surface area contributed by atoms with Gasteiger partial charge in [-0.2, -0.15) is 0 Å². The van der Waals surface area contributed by atoms with E-state index in [1.165, 1.54) is 10.5 Å². The Kier molecular flexibility index (Phi) is 5.03. The molecular formula is C19H21N3O2. The Balaban J connectivity index is 1.65. The summed E-state index contributed by atoms with van der Waals surface area (Å²) in [6, 6.07) is 17.1. The highest BCUT2D eigenvalue weighted by molar-refractivity contribution is 6.21. The highest BCUT2D eigenvalue weighted by Gasteiger charge is 2.34. The van der Waals surface area contributed by atoms with Crippen LogP contribution in [0.15, 0.2) is 54.6 Å². The molecule has 0 saturated carbocycles. The van der Waals surface area contributed by atoms with E-state index in [-0.39, 0.29) is 11.8 Å². The van der Waals surface area contributed by atoms with Crippen LogP contribution in [-0.2, 0) is 6.54 Å². The van der Waals surface area contributed by atoms with Crippen LogP contribution in [0.3, 0.4) is 0 Å². The van der Waals surface area contributed by atoms with Crippen molar-refractivity contribution in [2.75, 3.05) is 26.2 Å². The van der Waals surface area contributed by atoms with E-state index >= 15 is 0 Å². The Labute approximate surface area is 141 Å². The summed E-state index contributed by atoms with van der Waals surface area (Å²) in [6.45, 7) is 2.99. The molecule has 0 spiro atoms. The van der Waals surface area contributed by atoms with Crippen molar-refractivity contribution in [3.05, 3.63) is 71.3 Å². The van der Waals surface area contributed by atoms with Gasteiger partial charge in [-0.3, -0.25) is 19.4 Å². The largest absolute Gasteiger partial charge is 0.329 e. The molecule has 0 fully saturated rings. The summed E-state index contributed by atoms with van der Waals surface area (Å²) in [6.07, 6.45) is 0. The van der Waals surface area contributed by atoms with Crippen molar-refractivity contribution in [3.8, 4) is 0 Å². The maximum absolute atomic E-state index is 12.4. The fourth-order valence-corrected chi connectivity index (χ4v) is 2.98. The van der Waals surface area contributed by atoms with Crippen molar-refractivity contribution in [1.29, 1.82) is 0 Å². The van der Waals surface area contributed by atoms with E-state index in [0.717, 1.165) is 13.1 Å². The molecule has 2 N–H and O–H groups in total. The quantitative estimate of drug-likeness (QED) is 0.788. The zero-order valence-corrected chi connectivity index (χ0v) is 13.5. The third kappa shape index (κ3) is 3.37. The monoisotopic (exact) mass is 323 g/mol. The number of carbonyl (C=O) groups excluding carboxylic acids is 2. The molecule has 0 aliphatic carbocycles. The van der Waals surface area contributed by atoms with E-state index < -0.39 is 0 Å². The highest BCUT2D eigenvalue weighted by atomic mass is 16.2. The maximum Gasteiger partial charge on any atom is 0.261 e. The van der Waals surface area contributed by atoms with E-state index in [4.69, 9.17) is 5.73 Å². The molecule has 3 rings (SSSR count). The summed E-state index contributed by atoms with van der Waals surface area (Å²) in [4.78, 5) is 28.3. The average Bonchev–Trinajstić information content (AvgIpc) is 2.85. The maximum atomic E-state index is 12.4. The minimum Gasteiger partial charge on any atom is -0.329 e. The molecule has 0 radical (unpaired) electrons. The first-order chi connectivity index (χ1) is 11.7. The molecule has 0 aromatic heterocycles. The molecular weight excluding hydrogens is 302 g/mol. The topological polar surface area (TPSA) is 66.6 Å². The molecule has 0 bridgehead atoms. The van der Waals surface area contributed by atoms with Crippen molar-refractivity contribution >= 4 is 11.8 Å². The van der Waals surface area contributed by atoms with E-state index in [2.05, 4.69) is 17.0 Å². The first-order valence-corrected chi connectivity index (χ1v) is 8.12. The van der Waals surface area contributed by atoms with Gasteiger partial charge in [0.05, 0.1) is 11.1 Å². The number of amides is 2. The highest BCUT2D eigenvalue weighted by Crippen LogP contribution is 2.22. The van der Waals surface area contributed by atoms with E-state index in [0.29, 0.717) is 30.8 Å². The van der Waals surface area contributed by atoms with Gasteiger partial charge in [0.2, 0.25) is 0 Å². The molecule has 1 aliphatic heterocycles. The van der Waals surface area contributed by atoms with Gasteiger partial charge in [0, 0.05) is 32.7 Å². The van der Waals surface area contributed by atoms with Crippen molar-refractivity contribution in [2.24, 2.45) is 5.73 Å². The van der Waals surface area contributed by atoms with Gasteiger partial charge in [-0.05, 0) is 17.7 Å². The lowest BCUT2D eigenvalue weighted by Gasteiger charge is -2.24. The van der Waals surface area contributed by atoms with Gasteiger partial charge in [-0.1, -0.05) is 42.5 Å². The number of nitrogens with zero attached hydrogens (tertiary/aromatic N) is 2. The van der Waals surface area contributed by atoms with Gasteiger partial charge in [0.25, 0.3) is 11.8 Å². The Hall–Kier alpha value is -2.50. The number of rotatable bonds is 7. The first kappa shape index (κ1) is 16.4. The summed E-state index contributed by atoms with van der Waals surface area (Å²) in [5, 5.41) is 0. The number of hydrogen-bond acceptors (Lipinski definition) is 4. The van der Waals surface area contributed by atoms with Crippen LogP contribution in [0.5, 0.6) is 0 Å². The van der Waals surface area contributed by atoms with Crippen LogP contribution < -0.4 is 5.73 Å². The smallest absolute Gasteiger partial charge is 0.261 e. The summed E-state index contributed by atoms with van der Waals surface area (Å²) in [7, 11) is 0. The predicted octanol–water partition coefficient (Wildman–Crippen LogP) is 1.74. The summed E-state index contributed by atoms with van der Waals surface area (Å²) >= 11 is 0. The lowest BCUT2D eigenvalue weighted by Crippen LogP contribution is -2.39. The number of fused-ring (bicyclic) bond motifs is 1. The Morgan fingerprint density at radius 3 is 2.00 bits per heavy atom. The van der Waals surface area contributed by atoms with E-state index in [1.54, 1.807) is 24.3 Å². The summed E-state index contributed by atoms with van der Waals surface area (Å²) in [5.41, 5.74) is 7.88. The zero-order chi connectivity index (χ0) is 16.9. The second-order valence-corrected chi connectivity index (χ2v) is 5.86. The average molecular weight is 323 g/mol. The number of imide groups is 1. The molecule has 5 heteroatoms. The number of benzene rings is 2. The van der Waals surface area contributed by atoms with Crippen LogP contribution in [-0.4, -0.2) is 47.8 Å². The van der Waals surface area contributed by atoms with Gasteiger partial charge < -0.3 is 5.73 Å². The predicted molar refractivity (Wildman–Crippen MR) is 92.6 cm³/mol. The minimum atomic E-state index is -0.206. The van der Waals surface area contributed by atoms with Gasteiger partial charge in [-0.25, -0.2) is 0 Å². The molecule has 2 aromatic rings. The Morgan fingerprint density at radius 1 is 0.833 bits per heavy atom. The third-order valence-corrected chi connectivity index (χ3v) is 4.21. The van der Waals surface area contributed by atoms with Crippen LogP contribution >= 0.6 is 0 Å². The fraction of sp³-hybridized carbons (Fsp3) is 0.263. The Bertz CT molecular complexity index is 695. The van der Waals surface area contributed by atoms with Crippen molar-refractivity contribution in [2.45, 2.75) is 6.54 Å². The Morgan fingerprint density at radius 2 is 1.42 bits per heavy atom. The van der Waals surface area contributed by atoms with Gasteiger partial charge in [-0.15, -0.1) is 0 Å². The summed E-state index contributed by atoms with van der Waals surface area (Å²) in [5.74, 6) is -0.411. The molecule has 5 nitrogen and oxygen atoms in total. The molecule has 1 heterocycles. The molecule has 2 amide bonds. The van der Waals surface area contributed by atoms with Crippen molar-refractivity contribution < 1.29 is 9.59 Å². The zero-order valence-electron chi connectivity index (χ0n) is 13.5. The standard InChI is InChI=1S/C19H21N3O2/c20-10-11-21(14-15-6-2-1-3-7-15)12-13-22-18(23)16-8-4-5-9-17(16)19(22)24/h1-9H,10-14,20H2. The molecule has 24 heavy (non-hydrogen) atoms. The second kappa shape index (κ2) is 7.38. The first-order valence-electron chi connectivity index (χ1n) is 8.12. The fourth-order valence-electron chi connectivity index (χ4n) is 2.98. The van der Waals surface area contributed by atoms with Crippen molar-refractivity contribution in [1.82, 2.24) is 9.80 Å². The number of carbonyl (C=O) groups is 2. The summed E-state index contributed by atoms with van der Waals surface area (Å²) < 4.78 is 0. The van der Waals surface area contributed by atoms with Crippen LogP contribution in [0.25, 0.3) is 0 Å². The van der Waals surface area contributed by atoms with Crippen LogP contribution in [0.1, 0.15) is 26.3 Å². The van der Waals surface area contributed by atoms with E-state index in [1.807, 2.05) is 18.2 Å². The van der Waals surface area contributed by atoms with Gasteiger partial charge in [0.15, 0.2) is 0 Å². The third-order valence-electron chi connectivity index (χ3n) is 4.21. The van der Waals surface area contributed by atoms with Gasteiger partial charge in [0.1, 0.15) is 0 Å². The SMILES string of the molecule is NCCN(CCN1C(=O)c2ccccc2C1=O)Cc1ccccc1. The molecule has 2 aromatic carbocycles. The van der Waals surface area contributed by atoms with E-state index in [9.17, 15) is 9.59 Å². The van der Waals surface area contributed by atoms with Crippen LogP contribution in [0.2, 0.25) is 0 Å². The molecule has 0 unspecified atom stereocenters. The van der Waals surface area contributed by atoms with Crippen molar-refractivity contribution in [3.63, 3.8) is 0 Å². The second-order valence-electron chi connectivity index (χ2n) is 5.86. The molecule has 1 aliphatic rings. The normalized spacial score (nSPS) is 13.7. The lowest BCUT2D eigenvalue weighted by atomic mass is 10.1. The van der Waals surface area contributed by atoms with Gasteiger partial charge >= 0.3 is 0 Å². The molecule has 0 saturated heterocycles. The lowest BCUT2D eigenvalue weighted by molar-refractivity contribution is 0.0635.